The van der Waals surface area contributed by atoms with Crippen LogP contribution in [0.2, 0.25) is 0 Å². The molecule has 1 aromatic carbocycles. The van der Waals surface area contributed by atoms with Crippen molar-refractivity contribution < 1.29 is 9.21 Å². The van der Waals surface area contributed by atoms with Crippen LogP contribution in [0.15, 0.2) is 33.6 Å². The molecule has 1 saturated heterocycles. The molecule has 3 rings (SSSR count). The fourth-order valence-corrected chi connectivity index (χ4v) is 3.45. The van der Waals surface area contributed by atoms with Crippen molar-refractivity contribution >= 4 is 23.6 Å². The second-order valence-corrected chi connectivity index (χ2v) is 6.30. The number of carbonyl (C=O) groups is 1. The van der Waals surface area contributed by atoms with Crippen molar-refractivity contribution in [3.8, 4) is 0 Å². The Bertz CT molecular complexity index is 671. The normalized spacial score (nSPS) is 18.5. The van der Waals surface area contributed by atoms with Gasteiger partial charge in [-0.2, -0.15) is 0 Å². The van der Waals surface area contributed by atoms with E-state index in [9.17, 15) is 4.79 Å². The van der Waals surface area contributed by atoms with Gasteiger partial charge in [-0.3, -0.25) is 4.79 Å². The van der Waals surface area contributed by atoms with Gasteiger partial charge < -0.3 is 9.32 Å². The maximum Gasteiger partial charge on any atom is 0.318 e. The van der Waals surface area contributed by atoms with Crippen molar-refractivity contribution in [2.45, 2.75) is 24.7 Å². The van der Waals surface area contributed by atoms with Crippen LogP contribution in [0.4, 0.5) is 6.01 Å². The first-order valence-electron chi connectivity index (χ1n) is 7.41. The lowest BCUT2D eigenvalue weighted by atomic mass is 9.90. The van der Waals surface area contributed by atoms with E-state index in [-0.39, 0.29) is 11.7 Å². The smallest absolute Gasteiger partial charge is 0.318 e. The molecule has 0 N–H and O–H groups in total. The van der Waals surface area contributed by atoms with Gasteiger partial charge in [-0.15, -0.1) is 16.9 Å². The Balaban J connectivity index is 1.78. The number of hydrogen-bond acceptors (Lipinski definition) is 6. The summed E-state index contributed by atoms with van der Waals surface area (Å²) < 4.78 is 5.49. The Hall–Kier alpha value is -1.82. The first-order valence-corrected chi connectivity index (χ1v) is 8.64. The van der Waals surface area contributed by atoms with Crippen LogP contribution in [0.1, 0.15) is 29.1 Å². The van der Waals surface area contributed by atoms with Crippen molar-refractivity contribution in [3.05, 3.63) is 35.7 Å². The van der Waals surface area contributed by atoms with E-state index in [1.165, 1.54) is 0 Å². The molecule has 5 nitrogen and oxygen atoms in total. The van der Waals surface area contributed by atoms with Crippen LogP contribution in [-0.2, 0) is 0 Å². The Morgan fingerprint density at radius 3 is 2.91 bits per heavy atom. The Morgan fingerprint density at radius 1 is 1.36 bits per heavy atom. The van der Waals surface area contributed by atoms with Crippen molar-refractivity contribution in [1.29, 1.82) is 0 Å². The van der Waals surface area contributed by atoms with Gasteiger partial charge in [0.2, 0.25) is 5.89 Å². The summed E-state index contributed by atoms with van der Waals surface area (Å²) >= 11 is 1.61. The maximum absolute atomic E-state index is 12.9. The predicted molar refractivity (Wildman–Crippen MR) is 86.5 cm³/mol. The predicted octanol–water partition coefficient (Wildman–Crippen LogP) is 3.20. The third-order valence-corrected chi connectivity index (χ3v) is 4.75. The molecule has 116 valence electrons. The van der Waals surface area contributed by atoms with E-state index in [1.54, 1.807) is 18.7 Å². The molecular formula is C16H19N3O2S. The van der Waals surface area contributed by atoms with E-state index in [1.807, 2.05) is 35.4 Å². The number of anilines is 1. The molecule has 0 spiro atoms. The number of Topliss-reactive ketones (excluding diaryl/α,β-unsaturated/α-hetero) is 1. The van der Waals surface area contributed by atoms with E-state index in [4.69, 9.17) is 4.42 Å². The van der Waals surface area contributed by atoms with E-state index >= 15 is 0 Å². The quantitative estimate of drug-likeness (QED) is 0.637. The molecule has 0 aliphatic carbocycles. The zero-order valence-electron chi connectivity index (χ0n) is 12.8. The molecule has 0 bridgehead atoms. The molecule has 1 fully saturated rings. The van der Waals surface area contributed by atoms with Gasteiger partial charge in [0, 0.05) is 36.4 Å². The van der Waals surface area contributed by atoms with E-state index < -0.39 is 0 Å². The number of carbonyl (C=O) groups excluding carboxylic acids is 1. The molecule has 1 atom stereocenters. The Labute approximate surface area is 134 Å². The summed E-state index contributed by atoms with van der Waals surface area (Å²) in [6.07, 6.45) is 3.87. The lowest BCUT2D eigenvalue weighted by Crippen LogP contribution is -2.39. The topological polar surface area (TPSA) is 59.2 Å². The van der Waals surface area contributed by atoms with Gasteiger partial charge in [-0.05, 0) is 25.2 Å². The number of nitrogens with zero attached hydrogens (tertiary/aromatic N) is 3. The van der Waals surface area contributed by atoms with Crippen LogP contribution in [0.25, 0.3) is 0 Å². The highest BCUT2D eigenvalue weighted by atomic mass is 32.2. The van der Waals surface area contributed by atoms with E-state index in [0.29, 0.717) is 18.5 Å². The first kappa shape index (κ1) is 15.1. The van der Waals surface area contributed by atoms with Gasteiger partial charge in [-0.25, -0.2) is 0 Å². The molecule has 0 unspecified atom stereocenters. The van der Waals surface area contributed by atoms with Crippen molar-refractivity contribution in [2.24, 2.45) is 5.92 Å². The molecule has 0 amide bonds. The zero-order valence-corrected chi connectivity index (χ0v) is 13.6. The highest BCUT2D eigenvalue weighted by Crippen LogP contribution is 2.28. The first-order chi connectivity index (χ1) is 10.7. The zero-order chi connectivity index (χ0) is 15.5. The number of aryl methyl sites for hydroxylation is 1. The second kappa shape index (κ2) is 6.52. The third kappa shape index (κ3) is 3.02. The number of piperidine rings is 1. The fraction of sp³-hybridized carbons (Fsp3) is 0.438. The van der Waals surface area contributed by atoms with E-state index in [2.05, 4.69) is 10.2 Å². The van der Waals surface area contributed by atoms with Crippen LogP contribution in [0, 0.1) is 12.8 Å². The highest BCUT2D eigenvalue weighted by Gasteiger charge is 2.29. The number of aromatic nitrogens is 2. The molecule has 1 aliphatic heterocycles. The SMILES string of the molecule is CSc1ccccc1C(=O)[C@@H]1CCCN(c2nnc(C)o2)C1. The Morgan fingerprint density at radius 2 is 2.18 bits per heavy atom. The molecule has 1 aromatic heterocycles. The molecule has 22 heavy (non-hydrogen) atoms. The average molecular weight is 317 g/mol. The highest BCUT2D eigenvalue weighted by molar-refractivity contribution is 7.98. The van der Waals surface area contributed by atoms with Gasteiger partial charge >= 0.3 is 6.01 Å². The summed E-state index contributed by atoms with van der Waals surface area (Å²) in [6.45, 7) is 3.27. The fourth-order valence-electron chi connectivity index (χ4n) is 2.85. The van der Waals surface area contributed by atoms with Crippen LogP contribution in [0.3, 0.4) is 0 Å². The second-order valence-electron chi connectivity index (χ2n) is 5.45. The van der Waals surface area contributed by atoms with Crippen LogP contribution < -0.4 is 4.90 Å². The number of hydrogen-bond donors (Lipinski definition) is 0. The molecule has 2 heterocycles. The summed E-state index contributed by atoms with van der Waals surface area (Å²) in [7, 11) is 0. The summed E-state index contributed by atoms with van der Waals surface area (Å²) in [5, 5.41) is 7.93. The molecule has 2 aromatic rings. The minimum atomic E-state index is -0.0192. The lowest BCUT2D eigenvalue weighted by molar-refractivity contribution is 0.0903. The van der Waals surface area contributed by atoms with Gasteiger partial charge in [0.25, 0.3) is 0 Å². The molecule has 1 aliphatic rings. The van der Waals surface area contributed by atoms with Crippen LogP contribution in [0.5, 0.6) is 0 Å². The van der Waals surface area contributed by atoms with Gasteiger partial charge in [-0.1, -0.05) is 23.3 Å². The lowest BCUT2D eigenvalue weighted by Gasteiger charge is -2.30. The van der Waals surface area contributed by atoms with Crippen molar-refractivity contribution in [2.75, 3.05) is 24.2 Å². The van der Waals surface area contributed by atoms with Crippen LogP contribution >= 0.6 is 11.8 Å². The van der Waals surface area contributed by atoms with Crippen molar-refractivity contribution in [3.63, 3.8) is 0 Å². The van der Waals surface area contributed by atoms with Gasteiger partial charge in [0.05, 0.1) is 0 Å². The number of rotatable bonds is 4. The number of benzene rings is 1. The summed E-state index contributed by atoms with van der Waals surface area (Å²) in [4.78, 5) is 15.9. The average Bonchev–Trinajstić information content (AvgIpc) is 3.01. The standard InChI is InChI=1S/C16H19N3O2S/c1-11-17-18-16(21-11)19-9-5-6-12(10-19)15(20)13-7-3-4-8-14(13)22-2/h3-4,7-8,12H,5-6,9-10H2,1-2H3/t12-/m1/s1. The molecule has 6 heteroatoms. The molecule has 0 radical (unpaired) electrons. The van der Waals surface area contributed by atoms with Crippen molar-refractivity contribution in [1.82, 2.24) is 10.2 Å². The maximum atomic E-state index is 12.9. The minimum absolute atomic E-state index is 0.0192. The van der Waals surface area contributed by atoms with Gasteiger partial charge in [0.1, 0.15) is 0 Å². The van der Waals surface area contributed by atoms with E-state index in [0.717, 1.165) is 29.8 Å². The van der Waals surface area contributed by atoms with Gasteiger partial charge in [0.15, 0.2) is 5.78 Å². The summed E-state index contributed by atoms with van der Waals surface area (Å²) in [6, 6.07) is 8.34. The monoisotopic (exact) mass is 317 g/mol. The summed E-state index contributed by atoms with van der Waals surface area (Å²) in [5.74, 6) is 0.747. The van der Waals surface area contributed by atoms with Crippen LogP contribution in [-0.4, -0.2) is 35.3 Å². The third-order valence-electron chi connectivity index (χ3n) is 3.95. The molecule has 0 saturated carbocycles. The number of thioether (sulfide) groups is 1. The minimum Gasteiger partial charge on any atom is -0.408 e. The largest absolute Gasteiger partial charge is 0.408 e. The number of ketones is 1. The molecular weight excluding hydrogens is 298 g/mol. The Kier molecular flexibility index (Phi) is 4.47. The summed E-state index contributed by atoms with van der Waals surface area (Å²) in [5.41, 5.74) is 0.823.